The minimum absolute atomic E-state index is 0.0484. The number of piperazine rings is 1. The van der Waals surface area contributed by atoms with Crippen LogP contribution in [0.25, 0.3) is 10.8 Å². The van der Waals surface area contributed by atoms with Crippen molar-refractivity contribution < 1.29 is 13.2 Å². The lowest BCUT2D eigenvalue weighted by Crippen LogP contribution is -2.45. The Morgan fingerprint density at radius 2 is 1.77 bits per heavy atom. The molecule has 0 amide bonds. The van der Waals surface area contributed by atoms with Crippen molar-refractivity contribution in [3.8, 4) is 0 Å². The summed E-state index contributed by atoms with van der Waals surface area (Å²) in [5.74, 6) is 0.447. The Hall–Kier alpha value is -2.02. The standard InChI is InChI=1S/C15H16F3N3O/c1-20-5-7-21(8-6-20)13-9-11-10(14(22)19-13)3-2-4-12(11)15(16,17)18/h2-4,9H,5-8H2,1H3,(H,19,22). The Bertz CT molecular complexity index is 746. The summed E-state index contributed by atoms with van der Waals surface area (Å²) in [4.78, 5) is 18.9. The topological polar surface area (TPSA) is 39.3 Å². The van der Waals surface area contributed by atoms with Gasteiger partial charge in [-0.25, -0.2) is 0 Å². The molecule has 1 N–H and O–H groups in total. The number of rotatable bonds is 1. The van der Waals surface area contributed by atoms with Gasteiger partial charge in [0.05, 0.1) is 5.56 Å². The minimum Gasteiger partial charge on any atom is -0.356 e. The fourth-order valence-corrected chi connectivity index (χ4v) is 2.74. The van der Waals surface area contributed by atoms with Crippen LogP contribution in [0.3, 0.4) is 0 Å². The first-order valence-corrected chi connectivity index (χ1v) is 7.03. The van der Waals surface area contributed by atoms with Gasteiger partial charge in [-0.05, 0) is 25.2 Å². The highest BCUT2D eigenvalue weighted by Crippen LogP contribution is 2.34. The van der Waals surface area contributed by atoms with Crippen molar-refractivity contribution in [1.82, 2.24) is 9.88 Å². The van der Waals surface area contributed by atoms with E-state index in [1.165, 1.54) is 18.2 Å². The van der Waals surface area contributed by atoms with E-state index in [1.54, 1.807) is 0 Å². The van der Waals surface area contributed by atoms with E-state index in [0.717, 1.165) is 19.2 Å². The number of pyridine rings is 1. The van der Waals surface area contributed by atoms with E-state index in [4.69, 9.17) is 0 Å². The van der Waals surface area contributed by atoms with Crippen LogP contribution in [0, 0.1) is 0 Å². The predicted molar refractivity (Wildman–Crippen MR) is 79.3 cm³/mol. The van der Waals surface area contributed by atoms with Crippen LogP contribution in [0.2, 0.25) is 0 Å². The molecule has 1 fully saturated rings. The number of fused-ring (bicyclic) bond motifs is 1. The van der Waals surface area contributed by atoms with E-state index in [2.05, 4.69) is 9.88 Å². The summed E-state index contributed by atoms with van der Waals surface area (Å²) in [6, 6.07) is 5.12. The molecule has 4 nitrogen and oxygen atoms in total. The number of nitrogens with one attached hydrogen (secondary N) is 1. The van der Waals surface area contributed by atoms with Gasteiger partial charge in [-0.15, -0.1) is 0 Å². The fourth-order valence-electron chi connectivity index (χ4n) is 2.74. The maximum absolute atomic E-state index is 13.1. The second kappa shape index (κ2) is 5.31. The van der Waals surface area contributed by atoms with Gasteiger partial charge in [0, 0.05) is 37.0 Å². The summed E-state index contributed by atoms with van der Waals surface area (Å²) in [5.41, 5.74) is -1.26. The molecule has 1 aliphatic heterocycles. The van der Waals surface area contributed by atoms with Gasteiger partial charge in [-0.1, -0.05) is 6.07 Å². The zero-order chi connectivity index (χ0) is 15.9. The van der Waals surface area contributed by atoms with Gasteiger partial charge in [-0.2, -0.15) is 13.2 Å². The lowest BCUT2D eigenvalue weighted by molar-refractivity contribution is -0.136. The molecule has 0 saturated carbocycles. The number of aromatic amines is 1. The molecule has 1 aromatic heterocycles. The summed E-state index contributed by atoms with van der Waals surface area (Å²) in [5, 5.41) is 0.0142. The van der Waals surface area contributed by atoms with E-state index >= 15 is 0 Å². The minimum atomic E-state index is -4.48. The third-order valence-corrected chi connectivity index (χ3v) is 4.02. The summed E-state index contributed by atoms with van der Waals surface area (Å²) in [6.07, 6.45) is -4.48. The van der Waals surface area contributed by atoms with Crippen molar-refractivity contribution in [1.29, 1.82) is 0 Å². The van der Waals surface area contributed by atoms with E-state index < -0.39 is 17.3 Å². The van der Waals surface area contributed by atoms with Gasteiger partial charge in [-0.3, -0.25) is 4.79 Å². The Balaban J connectivity index is 2.12. The molecule has 1 aliphatic rings. The highest BCUT2D eigenvalue weighted by Gasteiger charge is 2.33. The largest absolute Gasteiger partial charge is 0.417 e. The van der Waals surface area contributed by atoms with Crippen molar-refractivity contribution in [3.63, 3.8) is 0 Å². The second-order valence-corrected chi connectivity index (χ2v) is 5.54. The van der Waals surface area contributed by atoms with Crippen molar-refractivity contribution in [3.05, 3.63) is 40.2 Å². The number of aromatic nitrogens is 1. The molecule has 3 rings (SSSR count). The van der Waals surface area contributed by atoms with Crippen molar-refractivity contribution in [2.24, 2.45) is 0 Å². The smallest absolute Gasteiger partial charge is 0.356 e. The third-order valence-electron chi connectivity index (χ3n) is 4.02. The first-order chi connectivity index (χ1) is 10.4. The van der Waals surface area contributed by atoms with Gasteiger partial charge < -0.3 is 14.8 Å². The number of likely N-dealkylation sites (N-methyl/N-ethyl adjacent to an activating group) is 1. The predicted octanol–water partition coefficient (Wildman–Crippen LogP) is 2.30. The van der Waals surface area contributed by atoms with Crippen molar-refractivity contribution in [2.75, 3.05) is 38.1 Å². The molecule has 0 atom stereocenters. The first-order valence-electron chi connectivity index (χ1n) is 7.03. The fraction of sp³-hybridized carbons (Fsp3) is 0.400. The van der Waals surface area contributed by atoms with Crippen LogP contribution >= 0.6 is 0 Å². The van der Waals surface area contributed by atoms with E-state index in [0.29, 0.717) is 18.9 Å². The zero-order valence-corrected chi connectivity index (χ0v) is 12.1. The highest BCUT2D eigenvalue weighted by molar-refractivity contribution is 5.87. The molecule has 0 bridgehead atoms. The number of hydrogen-bond donors (Lipinski definition) is 1. The Morgan fingerprint density at radius 3 is 2.41 bits per heavy atom. The van der Waals surface area contributed by atoms with E-state index in [-0.39, 0.29) is 10.8 Å². The van der Waals surface area contributed by atoms with Gasteiger partial charge in [0.15, 0.2) is 0 Å². The molecule has 0 aliphatic carbocycles. The van der Waals surface area contributed by atoms with Crippen LogP contribution in [0.15, 0.2) is 29.1 Å². The number of alkyl halides is 3. The first kappa shape index (κ1) is 14.9. The van der Waals surface area contributed by atoms with Crippen LogP contribution in [-0.4, -0.2) is 43.1 Å². The van der Waals surface area contributed by atoms with Gasteiger partial charge >= 0.3 is 6.18 Å². The maximum Gasteiger partial charge on any atom is 0.417 e. The number of nitrogens with zero attached hydrogens (tertiary/aromatic N) is 2. The van der Waals surface area contributed by atoms with E-state index in [9.17, 15) is 18.0 Å². The average Bonchev–Trinajstić information content (AvgIpc) is 2.46. The molecular weight excluding hydrogens is 295 g/mol. The Labute approximate surface area is 125 Å². The molecular formula is C15H16F3N3O. The maximum atomic E-state index is 13.1. The molecule has 0 radical (unpaired) electrons. The van der Waals surface area contributed by atoms with Crippen LogP contribution in [0.4, 0.5) is 19.0 Å². The van der Waals surface area contributed by atoms with Gasteiger partial charge in [0.1, 0.15) is 5.82 Å². The number of hydrogen-bond acceptors (Lipinski definition) is 3. The third kappa shape index (κ3) is 2.68. The summed E-state index contributed by atoms with van der Waals surface area (Å²) in [7, 11) is 1.99. The quantitative estimate of drug-likeness (QED) is 0.878. The lowest BCUT2D eigenvalue weighted by atomic mass is 10.1. The molecule has 0 unspecified atom stereocenters. The average molecular weight is 311 g/mol. The Morgan fingerprint density at radius 1 is 1.09 bits per heavy atom. The molecule has 118 valence electrons. The summed E-state index contributed by atoms with van der Waals surface area (Å²) < 4.78 is 39.4. The van der Waals surface area contributed by atoms with Gasteiger partial charge in [0.2, 0.25) is 0 Å². The molecule has 2 aromatic rings. The SMILES string of the molecule is CN1CCN(c2cc3c(C(F)(F)F)cccc3c(=O)[nH]2)CC1. The van der Waals surface area contributed by atoms with Crippen LogP contribution < -0.4 is 10.5 Å². The molecule has 22 heavy (non-hydrogen) atoms. The molecule has 1 aromatic carbocycles. The molecule has 7 heteroatoms. The molecule has 0 spiro atoms. The Kier molecular flexibility index (Phi) is 3.60. The van der Waals surface area contributed by atoms with Crippen LogP contribution in [-0.2, 0) is 6.18 Å². The monoisotopic (exact) mass is 311 g/mol. The number of H-pyrrole nitrogens is 1. The lowest BCUT2D eigenvalue weighted by Gasteiger charge is -2.33. The second-order valence-electron chi connectivity index (χ2n) is 5.54. The van der Waals surface area contributed by atoms with Crippen molar-refractivity contribution in [2.45, 2.75) is 6.18 Å². The van der Waals surface area contributed by atoms with Gasteiger partial charge in [0.25, 0.3) is 5.56 Å². The summed E-state index contributed by atoms with van der Waals surface area (Å²) in [6.45, 7) is 2.96. The normalized spacial score (nSPS) is 17.2. The highest BCUT2D eigenvalue weighted by atomic mass is 19.4. The van der Waals surface area contributed by atoms with Crippen molar-refractivity contribution >= 4 is 16.6 Å². The number of anilines is 1. The number of halogens is 3. The van der Waals surface area contributed by atoms with Crippen LogP contribution in [0.1, 0.15) is 5.56 Å². The molecule has 1 saturated heterocycles. The molecule has 2 heterocycles. The number of benzene rings is 1. The summed E-state index contributed by atoms with van der Waals surface area (Å²) >= 11 is 0. The van der Waals surface area contributed by atoms with Crippen LogP contribution in [0.5, 0.6) is 0 Å². The zero-order valence-electron chi connectivity index (χ0n) is 12.1. The van der Waals surface area contributed by atoms with E-state index in [1.807, 2.05) is 11.9 Å².